The summed E-state index contributed by atoms with van der Waals surface area (Å²) in [6.07, 6.45) is 2.28. The van der Waals surface area contributed by atoms with Gasteiger partial charge in [-0.05, 0) is 37.6 Å². The molecule has 0 radical (unpaired) electrons. The molecule has 0 saturated heterocycles. The quantitative estimate of drug-likeness (QED) is 0.614. The average Bonchev–Trinajstić information content (AvgIpc) is 3.26. The van der Waals surface area contributed by atoms with Crippen molar-refractivity contribution in [1.82, 2.24) is 20.0 Å². The lowest BCUT2D eigenvalue weighted by molar-refractivity contribution is 0.101. The molecule has 2 aromatic heterocycles. The summed E-state index contributed by atoms with van der Waals surface area (Å²) in [6, 6.07) is 10.2. The first-order valence-electron chi connectivity index (χ1n) is 8.85. The van der Waals surface area contributed by atoms with Crippen LogP contribution in [0.25, 0.3) is 0 Å². The summed E-state index contributed by atoms with van der Waals surface area (Å²) in [5.74, 6) is 0.0712. The van der Waals surface area contributed by atoms with Gasteiger partial charge in [0.2, 0.25) is 5.89 Å². The lowest BCUT2D eigenvalue weighted by Crippen LogP contribution is -2.14. The van der Waals surface area contributed by atoms with Gasteiger partial charge in [0.25, 0.3) is 5.91 Å². The Balaban J connectivity index is 1.60. The first-order valence-corrected chi connectivity index (χ1v) is 9.73. The zero-order chi connectivity index (χ0) is 19.4. The lowest BCUT2D eigenvalue weighted by Gasteiger charge is -2.05. The molecule has 2 heterocycles. The van der Waals surface area contributed by atoms with Crippen LogP contribution in [0.3, 0.4) is 0 Å². The maximum Gasteiger partial charge on any atom is 0.322 e. The highest BCUT2D eigenvalue weighted by Crippen LogP contribution is 2.23. The van der Waals surface area contributed by atoms with Crippen LogP contribution >= 0.6 is 11.8 Å². The Hall–Kier alpha value is -2.61. The van der Waals surface area contributed by atoms with Crippen molar-refractivity contribution in [2.24, 2.45) is 0 Å². The molecule has 0 aliphatic carbocycles. The summed E-state index contributed by atoms with van der Waals surface area (Å²) >= 11 is 1.82. The van der Waals surface area contributed by atoms with Crippen LogP contribution in [0.4, 0.5) is 6.01 Å². The normalized spacial score (nSPS) is 11.3. The molecule has 3 rings (SSSR count). The van der Waals surface area contributed by atoms with Crippen molar-refractivity contribution < 1.29 is 9.21 Å². The van der Waals surface area contributed by atoms with Gasteiger partial charge in [-0.2, -0.15) is 5.10 Å². The number of rotatable bonds is 7. The van der Waals surface area contributed by atoms with E-state index in [1.54, 1.807) is 16.9 Å². The van der Waals surface area contributed by atoms with Crippen LogP contribution in [0.2, 0.25) is 0 Å². The molecule has 0 atom stereocenters. The molecule has 0 aliphatic heterocycles. The Morgan fingerprint density at radius 2 is 1.89 bits per heavy atom. The molecule has 0 bridgehead atoms. The Morgan fingerprint density at radius 3 is 2.52 bits per heavy atom. The van der Waals surface area contributed by atoms with Crippen molar-refractivity contribution in [3.63, 3.8) is 0 Å². The molecule has 142 valence electrons. The smallest absolute Gasteiger partial charge is 0.322 e. The number of nitrogens with one attached hydrogen (secondary N) is 1. The van der Waals surface area contributed by atoms with E-state index in [1.807, 2.05) is 37.7 Å². The van der Waals surface area contributed by atoms with Crippen LogP contribution in [-0.2, 0) is 6.42 Å². The summed E-state index contributed by atoms with van der Waals surface area (Å²) in [5, 5.41) is 15.2. The van der Waals surface area contributed by atoms with Crippen LogP contribution < -0.4 is 5.32 Å². The monoisotopic (exact) mass is 385 g/mol. The lowest BCUT2D eigenvalue weighted by atomic mass is 10.1. The van der Waals surface area contributed by atoms with E-state index in [0.29, 0.717) is 23.3 Å². The molecular weight excluding hydrogens is 362 g/mol. The molecule has 1 aromatic carbocycles. The van der Waals surface area contributed by atoms with Crippen molar-refractivity contribution in [3.05, 3.63) is 53.7 Å². The molecule has 0 saturated carbocycles. The molecule has 8 heteroatoms. The number of hydrogen-bond donors (Lipinski definition) is 1. The molecule has 27 heavy (non-hydrogen) atoms. The number of benzene rings is 1. The third-order valence-electron chi connectivity index (χ3n) is 3.71. The van der Waals surface area contributed by atoms with Gasteiger partial charge >= 0.3 is 6.01 Å². The first kappa shape index (κ1) is 19.2. The van der Waals surface area contributed by atoms with Crippen LogP contribution in [0.1, 0.15) is 55.7 Å². The molecule has 0 spiro atoms. The SMILES string of the molecule is CC(C)Sc1ccc(Cc2nnc(NC(=O)c3ccn(C(C)C)n3)o2)cc1. The van der Waals surface area contributed by atoms with E-state index in [0.717, 1.165) is 5.56 Å². The summed E-state index contributed by atoms with van der Waals surface area (Å²) in [4.78, 5) is 13.5. The molecular formula is C19H23N5O2S. The Kier molecular flexibility index (Phi) is 5.95. The molecule has 7 nitrogen and oxygen atoms in total. The number of anilines is 1. The predicted molar refractivity (Wildman–Crippen MR) is 105 cm³/mol. The van der Waals surface area contributed by atoms with E-state index in [2.05, 4.69) is 46.6 Å². The first-order chi connectivity index (χ1) is 12.9. The van der Waals surface area contributed by atoms with Crippen molar-refractivity contribution in [1.29, 1.82) is 0 Å². The van der Waals surface area contributed by atoms with Gasteiger partial charge in [-0.3, -0.25) is 14.8 Å². The number of thioether (sulfide) groups is 1. The Labute approximate surface area is 162 Å². The van der Waals surface area contributed by atoms with Crippen LogP contribution in [0.15, 0.2) is 45.8 Å². The zero-order valence-corrected chi connectivity index (χ0v) is 16.7. The van der Waals surface area contributed by atoms with Gasteiger partial charge in [0.15, 0.2) is 5.69 Å². The van der Waals surface area contributed by atoms with Gasteiger partial charge in [0.1, 0.15) is 0 Å². The van der Waals surface area contributed by atoms with E-state index in [1.165, 1.54) is 4.90 Å². The van der Waals surface area contributed by atoms with E-state index in [-0.39, 0.29) is 18.0 Å². The van der Waals surface area contributed by atoms with Gasteiger partial charge in [-0.15, -0.1) is 16.9 Å². The summed E-state index contributed by atoms with van der Waals surface area (Å²) in [6.45, 7) is 8.32. The minimum absolute atomic E-state index is 0.0704. The largest absolute Gasteiger partial charge is 0.407 e. The number of hydrogen-bond acceptors (Lipinski definition) is 6. The maximum absolute atomic E-state index is 12.2. The van der Waals surface area contributed by atoms with E-state index in [4.69, 9.17) is 4.42 Å². The van der Waals surface area contributed by atoms with Gasteiger partial charge in [0.05, 0.1) is 6.42 Å². The van der Waals surface area contributed by atoms with Crippen LogP contribution in [-0.4, -0.2) is 31.1 Å². The molecule has 0 fully saturated rings. The fourth-order valence-electron chi connectivity index (χ4n) is 2.42. The topological polar surface area (TPSA) is 85.8 Å². The van der Waals surface area contributed by atoms with Gasteiger partial charge in [-0.25, -0.2) is 0 Å². The van der Waals surface area contributed by atoms with Crippen molar-refractivity contribution in [2.75, 3.05) is 5.32 Å². The Bertz CT molecular complexity index is 899. The third kappa shape index (κ3) is 5.19. The highest BCUT2D eigenvalue weighted by Gasteiger charge is 2.15. The molecule has 0 unspecified atom stereocenters. The fraction of sp³-hybridized carbons (Fsp3) is 0.368. The van der Waals surface area contributed by atoms with Crippen molar-refractivity contribution in [3.8, 4) is 0 Å². The highest BCUT2D eigenvalue weighted by molar-refractivity contribution is 7.99. The Morgan fingerprint density at radius 1 is 1.15 bits per heavy atom. The summed E-state index contributed by atoms with van der Waals surface area (Å²) in [5.41, 5.74) is 1.38. The van der Waals surface area contributed by atoms with Gasteiger partial charge < -0.3 is 4.42 Å². The number of aromatic nitrogens is 4. The van der Waals surface area contributed by atoms with Crippen LogP contribution in [0, 0.1) is 0 Å². The fourth-order valence-corrected chi connectivity index (χ4v) is 3.25. The number of carbonyl (C=O) groups excluding carboxylic acids is 1. The number of nitrogens with zero attached hydrogens (tertiary/aromatic N) is 4. The number of carbonyl (C=O) groups is 1. The molecule has 3 aromatic rings. The van der Waals surface area contributed by atoms with Crippen LogP contribution in [0.5, 0.6) is 0 Å². The van der Waals surface area contributed by atoms with E-state index in [9.17, 15) is 4.79 Å². The molecule has 1 N–H and O–H groups in total. The molecule has 0 aliphatic rings. The standard InChI is InChI=1S/C19H23N5O2S/c1-12(2)24-10-9-16(23-24)18(25)20-19-22-21-17(26-19)11-14-5-7-15(8-6-14)27-13(3)4/h5-10,12-13H,11H2,1-4H3,(H,20,22,25). The van der Waals surface area contributed by atoms with E-state index >= 15 is 0 Å². The second kappa shape index (κ2) is 8.39. The van der Waals surface area contributed by atoms with Gasteiger partial charge in [-0.1, -0.05) is 31.1 Å². The molecule has 1 amide bonds. The predicted octanol–water partition coefficient (Wildman–Crippen LogP) is 4.19. The maximum atomic E-state index is 12.2. The number of amides is 1. The average molecular weight is 385 g/mol. The van der Waals surface area contributed by atoms with Crippen molar-refractivity contribution in [2.45, 2.75) is 50.3 Å². The summed E-state index contributed by atoms with van der Waals surface area (Å²) in [7, 11) is 0. The van der Waals surface area contributed by atoms with Gasteiger partial charge in [0, 0.05) is 22.4 Å². The zero-order valence-electron chi connectivity index (χ0n) is 15.8. The highest BCUT2D eigenvalue weighted by atomic mass is 32.2. The minimum atomic E-state index is -0.375. The third-order valence-corrected chi connectivity index (χ3v) is 4.72. The van der Waals surface area contributed by atoms with E-state index < -0.39 is 0 Å². The second-order valence-corrected chi connectivity index (χ2v) is 8.37. The summed E-state index contributed by atoms with van der Waals surface area (Å²) < 4.78 is 7.25. The minimum Gasteiger partial charge on any atom is -0.407 e. The van der Waals surface area contributed by atoms with Crippen molar-refractivity contribution >= 4 is 23.7 Å². The second-order valence-electron chi connectivity index (χ2n) is 6.72.